The molecule has 0 saturated carbocycles. The molecule has 0 radical (unpaired) electrons. The molecule has 0 N–H and O–H groups in total. The van der Waals surface area contributed by atoms with Crippen LogP contribution in [0.5, 0.6) is 11.5 Å². The van der Waals surface area contributed by atoms with E-state index in [4.69, 9.17) is 14.0 Å². The van der Waals surface area contributed by atoms with Crippen LogP contribution in [-0.4, -0.2) is 41.2 Å². The van der Waals surface area contributed by atoms with Crippen molar-refractivity contribution in [3.63, 3.8) is 0 Å². The van der Waals surface area contributed by atoms with Crippen LogP contribution in [0, 0.1) is 6.92 Å². The number of benzene rings is 2. The topological polar surface area (TPSA) is 77.7 Å². The molecular weight excluding hydrogens is 382 g/mol. The average Bonchev–Trinajstić information content (AvgIpc) is 3.43. The zero-order valence-corrected chi connectivity index (χ0v) is 17.2. The van der Waals surface area contributed by atoms with Crippen LogP contribution in [0.2, 0.25) is 0 Å². The smallest absolute Gasteiger partial charge is 0.254 e. The van der Waals surface area contributed by atoms with Crippen LogP contribution < -0.4 is 9.47 Å². The van der Waals surface area contributed by atoms with Crippen molar-refractivity contribution in [2.24, 2.45) is 0 Å². The van der Waals surface area contributed by atoms with Gasteiger partial charge in [-0.1, -0.05) is 17.3 Å². The van der Waals surface area contributed by atoms with E-state index in [1.807, 2.05) is 36.1 Å². The quantitative estimate of drug-likeness (QED) is 0.589. The van der Waals surface area contributed by atoms with Crippen molar-refractivity contribution in [1.82, 2.24) is 15.0 Å². The number of hydrogen-bond donors (Lipinski definition) is 0. The van der Waals surface area contributed by atoms with E-state index in [9.17, 15) is 4.79 Å². The predicted octanol–water partition coefficient (Wildman–Crippen LogP) is 3.99. The van der Waals surface area contributed by atoms with E-state index in [0.29, 0.717) is 36.9 Å². The van der Waals surface area contributed by atoms with Gasteiger partial charge in [0.25, 0.3) is 5.91 Å². The summed E-state index contributed by atoms with van der Waals surface area (Å²) in [6.07, 6.45) is 2.25. The van der Waals surface area contributed by atoms with Gasteiger partial charge < -0.3 is 18.9 Å². The summed E-state index contributed by atoms with van der Waals surface area (Å²) in [5.74, 6) is 2.58. The number of aryl methyl sites for hydroxylation is 1. The summed E-state index contributed by atoms with van der Waals surface area (Å²) < 4.78 is 16.4. The van der Waals surface area contributed by atoms with Gasteiger partial charge in [0.2, 0.25) is 5.89 Å². The molecule has 1 saturated heterocycles. The zero-order valence-electron chi connectivity index (χ0n) is 17.2. The first-order chi connectivity index (χ1) is 14.6. The maximum Gasteiger partial charge on any atom is 0.254 e. The van der Waals surface area contributed by atoms with E-state index in [0.717, 1.165) is 29.9 Å². The van der Waals surface area contributed by atoms with Crippen LogP contribution >= 0.6 is 0 Å². The molecule has 2 aromatic carbocycles. The number of nitrogens with zero attached hydrogens (tertiary/aromatic N) is 3. The van der Waals surface area contributed by atoms with E-state index in [2.05, 4.69) is 10.1 Å². The van der Waals surface area contributed by atoms with Crippen LogP contribution in [0.3, 0.4) is 0 Å². The molecule has 0 bridgehead atoms. The van der Waals surface area contributed by atoms with Gasteiger partial charge in [-0.25, -0.2) is 0 Å². The number of likely N-dealkylation sites (tertiary alicyclic amines) is 1. The van der Waals surface area contributed by atoms with E-state index >= 15 is 0 Å². The van der Waals surface area contributed by atoms with Gasteiger partial charge in [0.05, 0.1) is 13.7 Å². The fourth-order valence-corrected chi connectivity index (χ4v) is 3.64. The molecule has 2 heterocycles. The van der Waals surface area contributed by atoms with Crippen LogP contribution in [0.4, 0.5) is 0 Å². The van der Waals surface area contributed by atoms with Gasteiger partial charge in [0, 0.05) is 18.5 Å². The van der Waals surface area contributed by atoms with Gasteiger partial charge in [-0.2, -0.15) is 4.98 Å². The Morgan fingerprint density at radius 2 is 2.03 bits per heavy atom. The second kappa shape index (κ2) is 8.98. The van der Waals surface area contributed by atoms with E-state index in [1.165, 1.54) is 0 Å². The second-order valence-corrected chi connectivity index (χ2v) is 7.35. The lowest BCUT2D eigenvalue weighted by Gasteiger charge is -2.22. The highest BCUT2D eigenvalue weighted by Crippen LogP contribution is 2.32. The number of ether oxygens (including phenoxy) is 2. The van der Waals surface area contributed by atoms with Crippen molar-refractivity contribution in [2.75, 3.05) is 20.3 Å². The monoisotopic (exact) mass is 407 g/mol. The van der Waals surface area contributed by atoms with Gasteiger partial charge in [-0.3, -0.25) is 4.79 Å². The molecule has 7 nitrogen and oxygen atoms in total. The maximum atomic E-state index is 13.0. The number of methoxy groups -OCH3 is 1. The van der Waals surface area contributed by atoms with Crippen LogP contribution in [-0.2, 0) is 6.42 Å². The van der Waals surface area contributed by atoms with Crippen molar-refractivity contribution >= 4 is 5.91 Å². The SMILES string of the molecule is COc1ccc(C(=O)N2CCCC2c2nc(CCOc3cccc(C)c3)no2)cc1. The van der Waals surface area contributed by atoms with Crippen molar-refractivity contribution in [3.05, 3.63) is 71.4 Å². The molecule has 3 aromatic rings. The summed E-state index contributed by atoms with van der Waals surface area (Å²) in [6, 6.07) is 14.8. The second-order valence-electron chi connectivity index (χ2n) is 7.35. The molecule has 1 amide bonds. The number of carbonyl (C=O) groups excluding carboxylic acids is 1. The Morgan fingerprint density at radius 3 is 2.80 bits per heavy atom. The Balaban J connectivity index is 1.38. The number of rotatable bonds is 7. The normalized spacial score (nSPS) is 15.9. The van der Waals surface area contributed by atoms with E-state index in [1.54, 1.807) is 31.4 Å². The van der Waals surface area contributed by atoms with Gasteiger partial charge in [0.15, 0.2) is 5.82 Å². The first-order valence-corrected chi connectivity index (χ1v) is 10.1. The van der Waals surface area contributed by atoms with E-state index in [-0.39, 0.29) is 11.9 Å². The van der Waals surface area contributed by atoms with Crippen LogP contribution in [0.25, 0.3) is 0 Å². The molecule has 1 fully saturated rings. The molecule has 1 aliphatic rings. The largest absolute Gasteiger partial charge is 0.497 e. The minimum Gasteiger partial charge on any atom is -0.497 e. The Hall–Kier alpha value is -3.35. The summed E-state index contributed by atoms with van der Waals surface area (Å²) in [5, 5.41) is 4.08. The minimum atomic E-state index is -0.196. The summed E-state index contributed by atoms with van der Waals surface area (Å²) in [7, 11) is 1.60. The number of carbonyl (C=O) groups is 1. The highest BCUT2D eigenvalue weighted by atomic mass is 16.5. The molecule has 7 heteroatoms. The third-order valence-corrected chi connectivity index (χ3v) is 5.20. The zero-order chi connectivity index (χ0) is 20.9. The highest BCUT2D eigenvalue weighted by molar-refractivity contribution is 5.94. The predicted molar refractivity (Wildman–Crippen MR) is 111 cm³/mol. The summed E-state index contributed by atoms with van der Waals surface area (Å²) in [6.45, 7) is 3.16. The standard InChI is InChI=1S/C23H25N3O4/c1-16-5-3-6-19(15-16)29-14-12-21-24-22(30-25-21)20-7-4-13-26(20)23(27)17-8-10-18(28-2)11-9-17/h3,5-6,8-11,15,20H,4,7,12-14H2,1-2H3. The van der Waals surface area contributed by atoms with Gasteiger partial charge >= 0.3 is 0 Å². The van der Waals surface area contributed by atoms with Gasteiger partial charge in [0.1, 0.15) is 17.5 Å². The number of hydrogen-bond acceptors (Lipinski definition) is 6. The summed E-state index contributed by atoms with van der Waals surface area (Å²) >= 11 is 0. The van der Waals surface area contributed by atoms with Gasteiger partial charge in [-0.15, -0.1) is 0 Å². The molecular formula is C23H25N3O4. The first kappa shape index (κ1) is 19.9. The third-order valence-electron chi connectivity index (χ3n) is 5.20. The molecule has 0 aliphatic carbocycles. The molecule has 30 heavy (non-hydrogen) atoms. The Labute approximate surface area is 175 Å². The molecule has 1 atom stereocenters. The molecule has 1 aliphatic heterocycles. The van der Waals surface area contributed by atoms with Crippen molar-refractivity contribution in [1.29, 1.82) is 0 Å². The van der Waals surface area contributed by atoms with Crippen molar-refractivity contribution in [3.8, 4) is 11.5 Å². The molecule has 1 aromatic heterocycles. The maximum absolute atomic E-state index is 13.0. The van der Waals surface area contributed by atoms with Gasteiger partial charge in [-0.05, 0) is 61.7 Å². The lowest BCUT2D eigenvalue weighted by Crippen LogP contribution is -2.30. The number of aromatic nitrogens is 2. The van der Waals surface area contributed by atoms with Crippen LogP contribution in [0.15, 0.2) is 53.1 Å². The fraction of sp³-hybridized carbons (Fsp3) is 0.348. The lowest BCUT2D eigenvalue weighted by molar-refractivity contribution is 0.0710. The molecule has 1 unspecified atom stereocenters. The lowest BCUT2D eigenvalue weighted by atomic mass is 10.1. The Morgan fingerprint density at radius 1 is 1.20 bits per heavy atom. The third kappa shape index (κ3) is 4.45. The molecule has 4 rings (SSSR count). The first-order valence-electron chi connectivity index (χ1n) is 10.1. The van der Waals surface area contributed by atoms with Crippen molar-refractivity contribution in [2.45, 2.75) is 32.2 Å². The van der Waals surface area contributed by atoms with E-state index < -0.39 is 0 Å². The average molecular weight is 407 g/mol. The summed E-state index contributed by atoms with van der Waals surface area (Å²) in [5.41, 5.74) is 1.77. The number of amides is 1. The minimum absolute atomic E-state index is 0.0392. The molecule has 0 spiro atoms. The van der Waals surface area contributed by atoms with Crippen LogP contribution in [0.1, 0.15) is 46.5 Å². The fourth-order valence-electron chi connectivity index (χ4n) is 3.64. The highest BCUT2D eigenvalue weighted by Gasteiger charge is 2.34. The molecule has 156 valence electrons. The Bertz CT molecular complexity index is 1000. The summed E-state index contributed by atoms with van der Waals surface area (Å²) in [4.78, 5) is 19.3. The van der Waals surface area contributed by atoms with Crippen molar-refractivity contribution < 1.29 is 18.8 Å². The Kier molecular flexibility index (Phi) is 5.97.